The molecule has 1 unspecified atom stereocenters. The van der Waals surface area contributed by atoms with Gasteiger partial charge in [0.1, 0.15) is 6.10 Å². The van der Waals surface area contributed by atoms with E-state index in [0.717, 1.165) is 42.7 Å². The lowest BCUT2D eigenvalue weighted by Crippen LogP contribution is -2.29. The second-order valence-corrected chi connectivity index (χ2v) is 8.50. The fraction of sp³-hybridized carbons (Fsp3) is 0.480. The van der Waals surface area contributed by atoms with E-state index in [4.69, 9.17) is 10.5 Å². The molecule has 0 bridgehead atoms. The molecule has 0 fully saturated rings. The van der Waals surface area contributed by atoms with Gasteiger partial charge in [-0.25, -0.2) is 4.79 Å². The summed E-state index contributed by atoms with van der Waals surface area (Å²) in [6.45, 7) is 7.44. The van der Waals surface area contributed by atoms with Crippen LogP contribution in [0, 0.1) is 6.92 Å². The monoisotopic (exact) mass is 504 g/mol. The highest BCUT2D eigenvalue weighted by Gasteiger charge is 2.37. The predicted molar refractivity (Wildman–Crippen MR) is 122 cm³/mol. The third-order valence-corrected chi connectivity index (χ3v) is 5.40. The Labute approximate surface area is 201 Å². The van der Waals surface area contributed by atoms with Crippen molar-refractivity contribution in [1.82, 2.24) is 0 Å². The molecule has 1 atom stereocenters. The second-order valence-electron chi connectivity index (χ2n) is 8.50. The summed E-state index contributed by atoms with van der Waals surface area (Å²) in [6.07, 6.45) is -10.7. The summed E-state index contributed by atoms with van der Waals surface area (Å²) < 4.78 is 84.9. The van der Waals surface area contributed by atoms with Gasteiger partial charge in [0.15, 0.2) is 0 Å². The minimum absolute atomic E-state index is 0.0689. The number of halogens is 6. The Hall–Kier alpha value is -2.91. The van der Waals surface area contributed by atoms with Gasteiger partial charge in [0.25, 0.3) is 0 Å². The topological polar surface area (TPSA) is 55.6 Å². The first kappa shape index (κ1) is 28.3. The van der Waals surface area contributed by atoms with Crippen LogP contribution in [0.25, 0.3) is 0 Å². The number of amides is 1. The first-order valence-corrected chi connectivity index (χ1v) is 11.3. The molecule has 2 N–H and O–H groups in total. The maximum Gasteiger partial charge on any atom is 0.416 e. The number of ether oxygens (including phenoxy) is 1. The highest BCUT2D eigenvalue weighted by atomic mass is 19.4. The highest BCUT2D eigenvalue weighted by Crippen LogP contribution is 2.37. The van der Waals surface area contributed by atoms with Gasteiger partial charge < -0.3 is 15.4 Å². The van der Waals surface area contributed by atoms with Crippen LogP contribution in [-0.4, -0.2) is 25.3 Å². The standard InChI is InChI=1S/C25H30F6N2O2/c1-4-8-33(9-5-2)22-7-6-16(3)10-18(22)14-21(35-23(32)34)13-17-11-19(24(26,27)28)15-20(12-17)25(29,30)31/h6-7,10-12,15,21H,4-5,8-9,13-14H2,1-3H3,(H2,32,34). The van der Waals surface area contributed by atoms with E-state index < -0.39 is 35.7 Å². The zero-order valence-electron chi connectivity index (χ0n) is 19.9. The zero-order chi connectivity index (χ0) is 26.4. The smallest absolute Gasteiger partial charge is 0.416 e. The summed E-state index contributed by atoms with van der Waals surface area (Å²) in [5, 5.41) is 0. The van der Waals surface area contributed by atoms with Crippen LogP contribution in [0.5, 0.6) is 0 Å². The SMILES string of the molecule is CCCN(CCC)c1ccc(C)cc1CC(Cc1cc(C(F)(F)F)cc(C(F)(F)F)c1)OC(N)=O. The quantitative estimate of drug-likeness (QED) is 0.358. The van der Waals surface area contributed by atoms with Gasteiger partial charge in [-0.2, -0.15) is 26.3 Å². The normalized spacial score (nSPS) is 12.9. The zero-order valence-corrected chi connectivity index (χ0v) is 19.9. The van der Waals surface area contributed by atoms with Gasteiger partial charge in [0.2, 0.25) is 0 Å². The molecule has 194 valence electrons. The van der Waals surface area contributed by atoms with Crippen molar-refractivity contribution < 1.29 is 35.9 Å². The maximum atomic E-state index is 13.3. The van der Waals surface area contributed by atoms with Crippen LogP contribution in [0.2, 0.25) is 0 Å². The molecule has 0 aliphatic carbocycles. The molecule has 2 aromatic carbocycles. The third-order valence-electron chi connectivity index (χ3n) is 5.40. The summed E-state index contributed by atoms with van der Waals surface area (Å²) in [5.41, 5.74) is 4.64. The molecule has 0 aromatic heterocycles. The first-order chi connectivity index (χ1) is 16.2. The molecule has 0 heterocycles. The minimum Gasteiger partial charge on any atom is -0.446 e. The molecule has 0 aliphatic rings. The van der Waals surface area contributed by atoms with Gasteiger partial charge in [0.05, 0.1) is 11.1 Å². The summed E-state index contributed by atoms with van der Waals surface area (Å²) in [5.74, 6) is 0. The van der Waals surface area contributed by atoms with Crippen LogP contribution >= 0.6 is 0 Å². The van der Waals surface area contributed by atoms with Gasteiger partial charge in [-0.3, -0.25) is 0 Å². The Morgan fingerprint density at radius 2 is 1.46 bits per heavy atom. The Bertz CT molecular complexity index is 966. The van der Waals surface area contributed by atoms with Gasteiger partial charge in [0, 0.05) is 31.6 Å². The Morgan fingerprint density at radius 1 is 0.914 bits per heavy atom. The molecule has 4 nitrogen and oxygen atoms in total. The van der Waals surface area contributed by atoms with Gasteiger partial charge in [-0.1, -0.05) is 31.5 Å². The molecule has 0 saturated heterocycles. The van der Waals surface area contributed by atoms with Crippen molar-refractivity contribution in [2.45, 2.75) is 64.9 Å². The van der Waals surface area contributed by atoms with Crippen LogP contribution in [0.1, 0.15) is 54.5 Å². The molecule has 0 spiro atoms. The lowest BCUT2D eigenvalue weighted by Gasteiger charge is -2.28. The first-order valence-electron chi connectivity index (χ1n) is 11.3. The Balaban J connectivity index is 2.49. The second kappa shape index (κ2) is 11.7. The Kier molecular flexibility index (Phi) is 9.45. The largest absolute Gasteiger partial charge is 0.446 e. The number of nitrogens with zero attached hydrogens (tertiary/aromatic N) is 1. The van der Waals surface area contributed by atoms with Crippen molar-refractivity contribution in [3.05, 3.63) is 64.2 Å². The maximum absolute atomic E-state index is 13.3. The molecule has 0 saturated carbocycles. The van der Waals surface area contributed by atoms with Crippen LogP contribution in [0.4, 0.5) is 36.8 Å². The number of benzene rings is 2. The number of carbonyl (C=O) groups is 1. The minimum atomic E-state index is -4.97. The summed E-state index contributed by atoms with van der Waals surface area (Å²) in [6, 6.07) is 7.07. The van der Waals surface area contributed by atoms with E-state index in [2.05, 4.69) is 4.90 Å². The lowest BCUT2D eigenvalue weighted by molar-refractivity contribution is -0.143. The predicted octanol–water partition coefficient (Wildman–Crippen LogP) is 6.91. The fourth-order valence-electron chi connectivity index (χ4n) is 4.04. The number of nitrogens with two attached hydrogens (primary N) is 1. The number of hydrogen-bond donors (Lipinski definition) is 1. The van der Waals surface area contributed by atoms with Crippen LogP contribution in [0.15, 0.2) is 36.4 Å². The van der Waals surface area contributed by atoms with Crippen molar-refractivity contribution >= 4 is 11.8 Å². The number of aryl methyl sites for hydroxylation is 1. The molecular weight excluding hydrogens is 474 g/mol. The summed E-state index contributed by atoms with van der Waals surface area (Å²) in [4.78, 5) is 13.7. The fourth-order valence-corrected chi connectivity index (χ4v) is 4.04. The van der Waals surface area contributed by atoms with Crippen molar-refractivity contribution in [3.8, 4) is 0 Å². The number of primary amides is 1. The molecule has 0 radical (unpaired) electrons. The van der Waals surface area contributed by atoms with E-state index in [-0.39, 0.29) is 24.5 Å². The van der Waals surface area contributed by atoms with Crippen molar-refractivity contribution in [1.29, 1.82) is 0 Å². The van der Waals surface area contributed by atoms with Gasteiger partial charge in [-0.15, -0.1) is 0 Å². The molecule has 0 aliphatic heterocycles. The molecule has 10 heteroatoms. The van der Waals surface area contributed by atoms with E-state index in [1.54, 1.807) is 0 Å². The number of anilines is 1. The molecule has 1 amide bonds. The van der Waals surface area contributed by atoms with E-state index >= 15 is 0 Å². The molecular formula is C25H30F6N2O2. The molecule has 2 aromatic rings. The summed E-state index contributed by atoms with van der Waals surface area (Å²) >= 11 is 0. The van der Waals surface area contributed by atoms with E-state index in [1.165, 1.54) is 0 Å². The number of carbonyl (C=O) groups excluding carboxylic acids is 1. The van der Waals surface area contributed by atoms with Gasteiger partial charge >= 0.3 is 18.4 Å². The number of hydrogen-bond acceptors (Lipinski definition) is 3. The lowest BCUT2D eigenvalue weighted by atomic mass is 9.95. The third kappa shape index (κ3) is 8.36. The van der Waals surface area contributed by atoms with E-state index in [9.17, 15) is 31.1 Å². The van der Waals surface area contributed by atoms with E-state index in [0.29, 0.717) is 12.1 Å². The molecule has 35 heavy (non-hydrogen) atoms. The van der Waals surface area contributed by atoms with Crippen molar-refractivity contribution in [3.63, 3.8) is 0 Å². The number of rotatable bonds is 10. The van der Waals surface area contributed by atoms with Crippen LogP contribution in [-0.2, 0) is 29.9 Å². The van der Waals surface area contributed by atoms with E-state index in [1.807, 2.05) is 39.0 Å². The highest BCUT2D eigenvalue weighted by molar-refractivity contribution is 5.65. The number of alkyl halides is 6. The van der Waals surface area contributed by atoms with Crippen LogP contribution < -0.4 is 10.6 Å². The Morgan fingerprint density at radius 3 is 1.91 bits per heavy atom. The summed E-state index contributed by atoms with van der Waals surface area (Å²) in [7, 11) is 0. The van der Waals surface area contributed by atoms with Gasteiger partial charge in [-0.05, 0) is 55.2 Å². The van der Waals surface area contributed by atoms with Crippen molar-refractivity contribution in [2.75, 3.05) is 18.0 Å². The average Bonchev–Trinajstić information content (AvgIpc) is 2.72. The van der Waals surface area contributed by atoms with Crippen molar-refractivity contribution in [2.24, 2.45) is 5.73 Å². The average molecular weight is 505 g/mol. The van der Waals surface area contributed by atoms with Crippen LogP contribution in [0.3, 0.4) is 0 Å². The molecule has 2 rings (SSSR count).